The molecular formula is C14H18BrN3O3. The molecule has 2 N–H and O–H groups in total. The van der Waals surface area contributed by atoms with E-state index < -0.39 is 5.97 Å². The van der Waals surface area contributed by atoms with E-state index in [1.165, 1.54) is 6.07 Å². The van der Waals surface area contributed by atoms with Gasteiger partial charge >= 0.3 is 12.0 Å². The Kier molecular flexibility index (Phi) is 5.19. The molecule has 2 rings (SSSR count). The maximum atomic E-state index is 12.3. The predicted octanol–water partition coefficient (Wildman–Crippen LogP) is 2.32. The minimum Gasteiger partial charge on any atom is -0.478 e. The maximum absolute atomic E-state index is 12.3. The van der Waals surface area contributed by atoms with Gasteiger partial charge in [0.1, 0.15) is 0 Å². The van der Waals surface area contributed by atoms with Crippen molar-refractivity contribution in [2.45, 2.75) is 6.42 Å². The zero-order valence-electron chi connectivity index (χ0n) is 11.8. The van der Waals surface area contributed by atoms with Crippen LogP contribution in [-0.2, 0) is 0 Å². The minimum atomic E-state index is -1.07. The Bertz CT molecular complexity index is 550. The van der Waals surface area contributed by atoms with Gasteiger partial charge in [-0.05, 0) is 38.2 Å². The number of aromatic carboxylic acids is 1. The van der Waals surface area contributed by atoms with Gasteiger partial charge in [-0.3, -0.25) is 0 Å². The smallest absolute Gasteiger partial charge is 0.337 e. The van der Waals surface area contributed by atoms with Crippen LogP contribution in [0.2, 0.25) is 0 Å². The molecule has 0 saturated carbocycles. The van der Waals surface area contributed by atoms with Gasteiger partial charge in [-0.2, -0.15) is 0 Å². The molecule has 0 aromatic heterocycles. The Morgan fingerprint density at radius 1 is 1.24 bits per heavy atom. The highest BCUT2D eigenvalue weighted by Gasteiger charge is 2.19. The molecule has 2 amide bonds. The number of nitrogens with zero attached hydrogens (tertiary/aromatic N) is 2. The first-order valence-corrected chi connectivity index (χ1v) is 7.54. The highest BCUT2D eigenvalue weighted by atomic mass is 79.9. The van der Waals surface area contributed by atoms with Crippen LogP contribution in [-0.4, -0.2) is 60.1 Å². The number of carbonyl (C=O) groups excluding carboxylic acids is 1. The Hall–Kier alpha value is -1.60. The molecule has 0 spiro atoms. The molecule has 6 nitrogen and oxygen atoms in total. The minimum absolute atomic E-state index is 0.0738. The van der Waals surface area contributed by atoms with E-state index in [0.29, 0.717) is 23.2 Å². The highest BCUT2D eigenvalue weighted by Crippen LogP contribution is 2.21. The van der Waals surface area contributed by atoms with Crippen molar-refractivity contribution in [2.24, 2.45) is 0 Å². The molecule has 1 aromatic rings. The molecule has 0 radical (unpaired) electrons. The van der Waals surface area contributed by atoms with Crippen LogP contribution in [0.15, 0.2) is 22.7 Å². The fourth-order valence-electron chi connectivity index (χ4n) is 2.25. The van der Waals surface area contributed by atoms with Gasteiger partial charge in [-0.25, -0.2) is 9.59 Å². The summed E-state index contributed by atoms with van der Waals surface area (Å²) in [4.78, 5) is 27.4. The van der Waals surface area contributed by atoms with E-state index in [2.05, 4.69) is 26.1 Å². The first-order chi connectivity index (χ1) is 9.97. The van der Waals surface area contributed by atoms with Crippen molar-refractivity contribution in [1.29, 1.82) is 0 Å². The molecule has 1 aromatic carbocycles. The first-order valence-electron chi connectivity index (χ1n) is 6.74. The zero-order valence-corrected chi connectivity index (χ0v) is 13.4. The van der Waals surface area contributed by atoms with Gasteiger partial charge < -0.3 is 20.2 Å². The van der Waals surface area contributed by atoms with Crippen LogP contribution < -0.4 is 5.32 Å². The predicted molar refractivity (Wildman–Crippen MR) is 83.8 cm³/mol. The average Bonchev–Trinajstić information content (AvgIpc) is 2.65. The Morgan fingerprint density at radius 2 is 2.00 bits per heavy atom. The molecule has 0 aliphatic carbocycles. The largest absolute Gasteiger partial charge is 0.478 e. The highest BCUT2D eigenvalue weighted by molar-refractivity contribution is 9.10. The van der Waals surface area contributed by atoms with Crippen molar-refractivity contribution in [3.63, 3.8) is 0 Å². The van der Waals surface area contributed by atoms with E-state index in [0.717, 1.165) is 19.5 Å². The molecular weight excluding hydrogens is 338 g/mol. The molecule has 0 unspecified atom stereocenters. The van der Waals surface area contributed by atoms with Crippen molar-refractivity contribution < 1.29 is 14.7 Å². The summed E-state index contributed by atoms with van der Waals surface area (Å²) in [5.74, 6) is -1.07. The number of amides is 2. The van der Waals surface area contributed by atoms with Crippen LogP contribution in [0.3, 0.4) is 0 Å². The number of hydrogen-bond acceptors (Lipinski definition) is 3. The second-order valence-electron chi connectivity index (χ2n) is 5.07. The average molecular weight is 356 g/mol. The molecule has 0 bridgehead atoms. The molecule has 1 heterocycles. The summed E-state index contributed by atoms with van der Waals surface area (Å²) in [6.45, 7) is 3.10. The number of carboxylic acids is 1. The van der Waals surface area contributed by atoms with Crippen LogP contribution >= 0.6 is 15.9 Å². The third-order valence-electron chi connectivity index (χ3n) is 3.46. The maximum Gasteiger partial charge on any atom is 0.337 e. The number of rotatable bonds is 2. The molecule has 1 aliphatic rings. The monoisotopic (exact) mass is 355 g/mol. The van der Waals surface area contributed by atoms with Crippen LogP contribution in [0.1, 0.15) is 16.8 Å². The number of carbonyl (C=O) groups is 2. The molecule has 114 valence electrons. The van der Waals surface area contributed by atoms with E-state index in [9.17, 15) is 14.7 Å². The molecule has 7 heteroatoms. The molecule has 1 aliphatic heterocycles. The number of halogens is 1. The Balaban J connectivity index is 2.10. The van der Waals surface area contributed by atoms with Crippen molar-refractivity contribution in [1.82, 2.24) is 9.80 Å². The third kappa shape index (κ3) is 4.18. The normalized spacial score (nSPS) is 16.4. The molecule has 1 fully saturated rings. The second kappa shape index (κ2) is 6.91. The van der Waals surface area contributed by atoms with E-state index in [1.54, 1.807) is 17.0 Å². The van der Waals surface area contributed by atoms with Gasteiger partial charge in [0, 0.05) is 24.1 Å². The van der Waals surface area contributed by atoms with E-state index in [4.69, 9.17) is 0 Å². The quantitative estimate of drug-likeness (QED) is 0.853. The lowest BCUT2D eigenvalue weighted by molar-refractivity contribution is 0.0698. The van der Waals surface area contributed by atoms with Crippen LogP contribution in [0.4, 0.5) is 10.5 Å². The number of urea groups is 1. The summed E-state index contributed by atoms with van der Waals surface area (Å²) in [5, 5.41) is 11.9. The number of anilines is 1. The van der Waals surface area contributed by atoms with Crippen molar-refractivity contribution in [3.05, 3.63) is 28.2 Å². The van der Waals surface area contributed by atoms with E-state index >= 15 is 0 Å². The van der Waals surface area contributed by atoms with Crippen LogP contribution in [0, 0.1) is 0 Å². The van der Waals surface area contributed by atoms with Crippen molar-refractivity contribution >= 4 is 33.6 Å². The summed E-state index contributed by atoms with van der Waals surface area (Å²) in [6, 6.07) is 4.53. The number of carboxylic acid groups (broad SMARTS) is 1. The lowest BCUT2D eigenvalue weighted by Crippen LogP contribution is -2.37. The summed E-state index contributed by atoms with van der Waals surface area (Å²) >= 11 is 3.23. The first kappa shape index (κ1) is 15.8. The van der Waals surface area contributed by atoms with Gasteiger partial charge in [-0.15, -0.1) is 0 Å². The number of benzene rings is 1. The Morgan fingerprint density at radius 3 is 2.71 bits per heavy atom. The van der Waals surface area contributed by atoms with E-state index in [-0.39, 0.29) is 11.6 Å². The molecule has 1 saturated heterocycles. The van der Waals surface area contributed by atoms with Gasteiger partial charge in [0.05, 0.1) is 11.3 Å². The number of hydrogen-bond donors (Lipinski definition) is 2. The van der Waals surface area contributed by atoms with Gasteiger partial charge in [0.25, 0.3) is 0 Å². The number of nitrogens with one attached hydrogen (secondary N) is 1. The van der Waals surface area contributed by atoms with Gasteiger partial charge in [0.2, 0.25) is 0 Å². The van der Waals surface area contributed by atoms with E-state index in [1.807, 2.05) is 7.05 Å². The van der Waals surface area contributed by atoms with Crippen molar-refractivity contribution in [3.8, 4) is 0 Å². The summed E-state index contributed by atoms with van der Waals surface area (Å²) < 4.78 is 0.661. The standard InChI is InChI=1S/C14H18BrN3O3/c1-17-5-2-6-18(8-7-17)14(21)16-12-4-3-10(15)9-11(12)13(19)20/h3-4,9H,2,5-8H2,1H3,(H,16,21)(H,19,20). The lowest BCUT2D eigenvalue weighted by Gasteiger charge is -2.21. The lowest BCUT2D eigenvalue weighted by atomic mass is 10.2. The van der Waals surface area contributed by atoms with Crippen molar-refractivity contribution in [2.75, 3.05) is 38.5 Å². The summed E-state index contributed by atoms with van der Waals surface area (Å²) in [5.41, 5.74) is 0.387. The Labute approximate surface area is 131 Å². The topological polar surface area (TPSA) is 72.9 Å². The molecule has 21 heavy (non-hydrogen) atoms. The summed E-state index contributed by atoms with van der Waals surface area (Å²) in [7, 11) is 2.03. The van der Waals surface area contributed by atoms with Crippen LogP contribution in [0.5, 0.6) is 0 Å². The third-order valence-corrected chi connectivity index (χ3v) is 3.95. The fraction of sp³-hybridized carbons (Fsp3) is 0.429. The zero-order chi connectivity index (χ0) is 15.4. The van der Waals surface area contributed by atoms with Gasteiger partial charge in [-0.1, -0.05) is 15.9 Å². The van der Waals surface area contributed by atoms with Gasteiger partial charge in [0.15, 0.2) is 0 Å². The SMILES string of the molecule is CN1CCCN(C(=O)Nc2ccc(Br)cc2C(=O)O)CC1. The fourth-order valence-corrected chi connectivity index (χ4v) is 2.61. The van der Waals surface area contributed by atoms with Crippen LogP contribution in [0.25, 0.3) is 0 Å². The second-order valence-corrected chi connectivity index (χ2v) is 5.98. The summed E-state index contributed by atoms with van der Waals surface area (Å²) in [6.07, 6.45) is 0.913. The molecule has 0 atom stereocenters. The number of likely N-dealkylation sites (N-methyl/N-ethyl adjacent to an activating group) is 1.